The number of fused-ring (bicyclic) bond motifs is 1. The molecule has 0 unspecified atom stereocenters. The Labute approximate surface area is 92.3 Å². The summed E-state index contributed by atoms with van der Waals surface area (Å²) in [5, 5.41) is 4.95. The summed E-state index contributed by atoms with van der Waals surface area (Å²) >= 11 is 6.10. The monoisotopic (exact) mass is 222 g/mol. The van der Waals surface area contributed by atoms with E-state index in [9.17, 15) is 0 Å². The molecular formula is C10H11ClN4. The van der Waals surface area contributed by atoms with E-state index < -0.39 is 0 Å². The normalized spacial score (nSPS) is 16.1. The van der Waals surface area contributed by atoms with Crippen molar-refractivity contribution in [3.05, 3.63) is 22.7 Å². The second-order valence-electron chi connectivity index (χ2n) is 3.88. The summed E-state index contributed by atoms with van der Waals surface area (Å²) in [6, 6.07) is 1.85. The van der Waals surface area contributed by atoms with Crippen LogP contribution in [-0.4, -0.2) is 19.6 Å². The van der Waals surface area contributed by atoms with E-state index in [1.807, 2.05) is 13.0 Å². The van der Waals surface area contributed by atoms with E-state index in [4.69, 9.17) is 11.6 Å². The first-order valence-electron chi connectivity index (χ1n) is 5.20. The predicted molar refractivity (Wildman–Crippen MR) is 57.1 cm³/mol. The second kappa shape index (κ2) is 3.17. The summed E-state index contributed by atoms with van der Waals surface area (Å²) in [5.74, 6) is 2.05. The number of rotatable bonds is 2. The summed E-state index contributed by atoms with van der Waals surface area (Å²) in [7, 11) is 0. The molecule has 1 aliphatic carbocycles. The van der Waals surface area contributed by atoms with E-state index in [0.29, 0.717) is 16.8 Å². The fraction of sp³-hybridized carbons (Fsp3) is 0.500. The summed E-state index contributed by atoms with van der Waals surface area (Å²) in [6.45, 7) is 2.05. The molecule has 0 atom stereocenters. The van der Waals surface area contributed by atoms with Gasteiger partial charge < -0.3 is 0 Å². The third-order valence-electron chi connectivity index (χ3n) is 2.64. The summed E-state index contributed by atoms with van der Waals surface area (Å²) < 4.78 is 1.62. The zero-order valence-electron chi connectivity index (χ0n) is 8.44. The minimum Gasteiger partial charge on any atom is -0.216 e. The number of hydrogen-bond donors (Lipinski definition) is 0. The maximum atomic E-state index is 6.10. The first kappa shape index (κ1) is 9.09. The minimum atomic E-state index is 0.535. The molecule has 0 radical (unpaired) electrons. The molecule has 1 fully saturated rings. The number of halogens is 1. The number of nitrogens with zero attached hydrogens (tertiary/aromatic N) is 4. The lowest BCUT2D eigenvalue weighted by Gasteiger charge is -1.97. The van der Waals surface area contributed by atoms with Gasteiger partial charge >= 0.3 is 0 Å². The summed E-state index contributed by atoms with van der Waals surface area (Å²) in [5.41, 5.74) is 0.960. The van der Waals surface area contributed by atoms with E-state index in [-0.39, 0.29) is 0 Å². The highest BCUT2D eigenvalue weighted by molar-refractivity contribution is 6.29. The highest BCUT2D eigenvalue weighted by atomic mass is 35.5. The largest absolute Gasteiger partial charge is 0.254 e. The Hall–Kier alpha value is -1.16. The molecule has 1 aliphatic rings. The van der Waals surface area contributed by atoms with E-state index in [2.05, 4.69) is 15.1 Å². The SMILES string of the molecule is CCc1cc(Cl)n2nc(C3CC3)nc2n1. The van der Waals surface area contributed by atoms with Gasteiger partial charge in [0, 0.05) is 11.6 Å². The molecule has 0 bridgehead atoms. The van der Waals surface area contributed by atoms with Crippen molar-refractivity contribution in [3.8, 4) is 0 Å². The van der Waals surface area contributed by atoms with Crippen LogP contribution in [0.5, 0.6) is 0 Å². The quantitative estimate of drug-likeness (QED) is 0.732. The van der Waals surface area contributed by atoms with Crippen molar-refractivity contribution in [2.45, 2.75) is 32.1 Å². The number of hydrogen-bond acceptors (Lipinski definition) is 3. The average Bonchev–Trinajstić information content (AvgIpc) is 2.98. The lowest BCUT2D eigenvalue weighted by Crippen LogP contribution is -1.96. The topological polar surface area (TPSA) is 43.1 Å². The molecule has 3 rings (SSSR count). The van der Waals surface area contributed by atoms with Crippen molar-refractivity contribution < 1.29 is 0 Å². The minimum absolute atomic E-state index is 0.535. The van der Waals surface area contributed by atoms with E-state index in [1.54, 1.807) is 4.52 Å². The van der Waals surface area contributed by atoms with Crippen LogP contribution < -0.4 is 0 Å². The first-order valence-corrected chi connectivity index (χ1v) is 5.58. The number of aromatic nitrogens is 4. The predicted octanol–water partition coefficient (Wildman–Crippen LogP) is 2.22. The van der Waals surface area contributed by atoms with E-state index in [0.717, 1.165) is 17.9 Å². The van der Waals surface area contributed by atoms with Crippen molar-refractivity contribution >= 4 is 17.4 Å². The Balaban J connectivity index is 2.19. The fourth-order valence-corrected chi connectivity index (χ4v) is 1.83. The summed E-state index contributed by atoms with van der Waals surface area (Å²) in [4.78, 5) is 8.79. The van der Waals surface area contributed by atoms with Gasteiger partial charge in [0.05, 0.1) is 0 Å². The van der Waals surface area contributed by atoms with Crippen molar-refractivity contribution in [1.29, 1.82) is 0 Å². The molecule has 78 valence electrons. The first-order chi connectivity index (χ1) is 7.28. The molecule has 0 amide bonds. The molecule has 0 aromatic carbocycles. The molecule has 2 heterocycles. The van der Waals surface area contributed by atoms with E-state index >= 15 is 0 Å². The lowest BCUT2D eigenvalue weighted by atomic mass is 10.3. The lowest BCUT2D eigenvalue weighted by molar-refractivity contribution is 0.865. The van der Waals surface area contributed by atoms with Crippen molar-refractivity contribution in [1.82, 2.24) is 19.6 Å². The Morgan fingerprint density at radius 2 is 2.27 bits per heavy atom. The van der Waals surface area contributed by atoms with Gasteiger partial charge in [-0.1, -0.05) is 18.5 Å². The van der Waals surface area contributed by atoms with Gasteiger partial charge in [0.25, 0.3) is 5.78 Å². The van der Waals surface area contributed by atoms with Gasteiger partial charge in [0.1, 0.15) is 5.15 Å². The molecular weight excluding hydrogens is 212 g/mol. The van der Waals surface area contributed by atoms with Gasteiger partial charge in [-0.05, 0) is 25.3 Å². The molecule has 0 N–H and O–H groups in total. The van der Waals surface area contributed by atoms with Crippen LogP contribution in [0.15, 0.2) is 6.07 Å². The molecule has 0 spiro atoms. The van der Waals surface area contributed by atoms with Crippen LogP contribution in [0, 0.1) is 0 Å². The second-order valence-corrected chi connectivity index (χ2v) is 4.27. The molecule has 1 saturated carbocycles. The van der Waals surface area contributed by atoms with Crippen LogP contribution in [0.2, 0.25) is 5.15 Å². The van der Waals surface area contributed by atoms with Crippen LogP contribution in [0.1, 0.15) is 37.2 Å². The highest BCUT2D eigenvalue weighted by Gasteiger charge is 2.28. The van der Waals surface area contributed by atoms with E-state index in [1.165, 1.54) is 12.8 Å². The third-order valence-corrected chi connectivity index (χ3v) is 2.91. The van der Waals surface area contributed by atoms with Gasteiger partial charge in [-0.15, -0.1) is 5.10 Å². The number of aryl methyl sites for hydroxylation is 1. The zero-order valence-corrected chi connectivity index (χ0v) is 9.20. The van der Waals surface area contributed by atoms with Crippen molar-refractivity contribution in [2.24, 2.45) is 0 Å². The molecule has 2 aromatic rings. The highest BCUT2D eigenvalue weighted by Crippen LogP contribution is 2.38. The zero-order chi connectivity index (χ0) is 10.4. The average molecular weight is 223 g/mol. The molecule has 5 heteroatoms. The van der Waals surface area contributed by atoms with Crippen LogP contribution in [0.3, 0.4) is 0 Å². The Morgan fingerprint density at radius 1 is 1.47 bits per heavy atom. The van der Waals surface area contributed by atoms with Crippen LogP contribution in [0.4, 0.5) is 0 Å². The maximum absolute atomic E-state index is 6.10. The fourth-order valence-electron chi connectivity index (χ4n) is 1.59. The Morgan fingerprint density at radius 3 is 2.93 bits per heavy atom. The Kier molecular flexibility index (Phi) is 1.92. The van der Waals surface area contributed by atoms with Crippen molar-refractivity contribution in [2.75, 3.05) is 0 Å². The molecule has 15 heavy (non-hydrogen) atoms. The third kappa shape index (κ3) is 1.49. The standard InChI is InChI=1S/C10H11ClN4/c1-2-7-5-8(11)15-10(12-7)13-9(14-15)6-3-4-6/h5-6H,2-4H2,1H3. The van der Waals surface area contributed by atoms with Gasteiger partial charge in [-0.25, -0.2) is 4.98 Å². The van der Waals surface area contributed by atoms with Crippen LogP contribution in [-0.2, 0) is 6.42 Å². The van der Waals surface area contributed by atoms with Crippen LogP contribution in [0.25, 0.3) is 5.78 Å². The van der Waals surface area contributed by atoms with Gasteiger partial charge in [0.15, 0.2) is 5.82 Å². The summed E-state index contributed by atoms with van der Waals surface area (Å²) in [6.07, 6.45) is 3.24. The Bertz CT molecular complexity index is 515. The molecule has 0 saturated heterocycles. The van der Waals surface area contributed by atoms with Gasteiger partial charge in [0.2, 0.25) is 0 Å². The van der Waals surface area contributed by atoms with Gasteiger partial charge in [-0.2, -0.15) is 9.50 Å². The van der Waals surface area contributed by atoms with Gasteiger partial charge in [-0.3, -0.25) is 0 Å². The van der Waals surface area contributed by atoms with Crippen molar-refractivity contribution in [3.63, 3.8) is 0 Å². The molecule has 4 nitrogen and oxygen atoms in total. The van der Waals surface area contributed by atoms with Crippen LogP contribution >= 0.6 is 11.6 Å². The molecule has 2 aromatic heterocycles. The maximum Gasteiger partial charge on any atom is 0.254 e. The smallest absolute Gasteiger partial charge is 0.216 e. The molecule has 0 aliphatic heterocycles.